The average molecular weight is 449 g/mol. The minimum Gasteiger partial charge on any atom is -0.489 e. The van der Waals surface area contributed by atoms with Crippen molar-refractivity contribution < 1.29 is 19.1 Å². The van der Waals surface area contributed by atoms with Gasteiger partial charge in [0.1, 0.15) is 11.9 Å². The molecule has 0 aliphatic carbocycles. The van der Waals surface area contributed by atoms with Gasteiger partial charge in [-0.25, -0.2) is 0 Å². The number of hydrogen-bond acceptors (Lipinski definition) is 2. The van der Waals surface area contributed by atoms with Gasteiger partial charge in [-0.05, 0) is 24.3 Å². The van der Waals surface area contributed by atoms with Crippen molar-refractivity contribution in [2.75, 3.05) is 6.16 Å². The van der Waals surface area contributed by atoms with Gasteiger partial charge in [0.2, 0.25) is 0 Å². The first-order chi connectivity index (χ1) is 15.0. The molecule has 0 aliphatic heterocycles. The predicted molar refractivity (Wildman–Crippen MR) is 131 cm³/mol. The van der Waals surface area contributed by atoms with Crippen LogP contribution >= 0.6 is 7.60 Å². The molecule has 0 bridgehead atoms. The lowest BCUT2D eigenvalue weighted by atomic mass is 10.0. The van der Waals surface area contributed by atoms with Crippen LogP contribution in [0.5, 0.6) is 5.75 Å². The molecule has 0 radical (unpaired) electrons. The smallest absolute Gasteiger partial charge is 0.329 e. The van der Waals surface area contributed by atoms with E-state index in [0.29, 0.717) is 12.2 Å². The summed E-state index contributed by atoms with van der Waals surface area (Å²) in [6.07, 6.45) is 15.2. The van der Waals surface area contributed by atoms with Gasteiger partial charge in [0.05, 0.1) is 6.16 Å². The van der Waals surface area contributed by atoms with Gasteiger partial charge in [-0.15, -0.1) is 0 Å². The lowest BCUT2D eigenvalue weighted by Gasteiger charge is -2.21. The SMILES string of the molecule is CCCCCCCCCCCCCCC(CP(=O)(O)O)Oc1cccc2ccccc12. The Balaban J connectivity index is 1.70. The highest BCUT2D eigenvalue weighted by molar-refractivity contribution is 7.51. The Hall–Kier alpha value is -1.35. The van der Waals surface area contributed by atoms with Crippen molar-refractivity contribution in [3.63, 3.8) is 0 Å². The Kier molecular flexibility index (Phi) is 12.3. The van der Waals surface area contributed by atoms with Crippen LogP contribution in [0.2, 0.25) is 0 Å². The Morgan fingerprint density at radius 1 is 0.774 bits per heavy atom. The first-order valence-corrected chi connectivity index (χ1v) is 14.0. The second-order valence-corrected chi connectivity index (χ2v) is 10.4. The van der Waals surface area contributed by atoms with Gasteiger partial charge in [-0.3, -0.25) is 4.57 Å². The molecule has 0 heterocycles. The Bertz CT molecular complexity index is 781. The highest BCUT2D eigenvalue weighted by Gasteiger charge is 2.23. The highest BCUT2D eigenvalue weighted by Crippen LogP contribution is 2.38. The summed E-state index contributed by atoms with van der Waals surface area (Å²) >= 11 is 0. The van der Waals surface area contributed by atoms with Crippen LogP contribution in [0.15, 0.2) is 42.5 Å². The van der Waals surface area contributed by atoms with Crippen molar-refractivity contribution in [2.24, 2.45) is 0 Å². The topological polar surface area (TPSA) is 66.8 Å². The lowest BCUT2D eigenvalue weighted by Crippen LogP contribution is -2.21. The minimum absolute atomic E-state index is 0.228. The molecule has 1 atom stereocenters. The Labute approximate surface area is 188 Å². The van der Waals surface area contributed by atoms with Gasteiger partial charge in [0, 0.05) is 5.39 Å². The van der Waals surface area contributed by atoms with Gasteiger partial charge >= 0.3 is 7.60 Å². The summed E-state index contributed by atoms with van der Waals surface area (Å²) < 4.78 is 17.7. The molecule has 174 valence electrons. The van der Waals surface area contributed by atoms with E-state index in [-0.39, 0.29) is 6.16 Å². The highest BCUT2D eigenvalue weighted by atomic mass is 31.2. The van der Waals surface area contributed by atoms with E-state index >= 15 is 0 Å². The molecule has 2 aromatic carbocycles. The fourth-order valence-electron chi connectivity index (χ4n) is 4.14. The van der Waals surface area contributed by atoms with Crippen LogP contribution in [-0.2, 0) is 4.57 Å². The molecular formula is C26H41O4P. The van der Waals surface area contributed by atoms with Crippen LogP contribution in [0, 0.1) is 0 Å². The van der Waals surface area contributed by atoms with Gasteiger partial charge in [0.15, 0.2) is 0 Å². The molecule has 4 nitrogen and oxygen atoms in total. The second-order valence-electron chi connectivity index (χ2n) is 8.74. The van der Waals surface area contributed by atoms with E-state index in [1.165, 1.54) is 64.2 Å². The van der Waals surface area contributed by atoms with E-state index in [2.05, 4.69) is 6.92 Å². The number of rotatable bonds is 17. The van der Waals surface area contributed by atoms with E-state index in [1.807, 2.05) is 42.5 Å². The summed E-state index contributed by atoms with van der Waals surface area (Å²) in [7, 11) is -4.13. The van der Waals surface area contributed by atoms with Crippen molar-refractivity contribution in [3.8, 4) is 5.75 Å². The second kappa shape index (κ2) is 14.7. The molecule has 0 saturated heterocycles. The molecule has 1 unspecified atom stereocenters. The fourth-order valence-corrected chi connectivity index (χ4v) is 4.93. The monoisotopic (exact) mass is 448 g/mol. The zero-order chi connectivity index (χ0) is 22.4. The number of benzene rings is 2. The first-order valence-electron chi connectivity index (χ1n) is 12.2. The van der Waals surface area contributed by atoms with E-state index < -0.39 is 13.7 Å². The largest absolute Gasteiger partial charge is 0.489 e. The summed E-state index contributed by atoms with van der Waals surface area (Å²) in [5, 5.41) is 2.05. The quantitative estimate of drug-likeness (QED) is 0.191. The molecule has 2 aromatic rings. The molecule has 2 N–H and O–H groups in total. The zero-order valence-corrected chi connectivity index (χ0v) is 20.1. The third-order valence-corrected chi connectivity index (χ3v) is 6.75. The lowest BCUT2D eigenvalue weighted by molar-refractivity contribution is 0.202. The molecule has 0 aliphatic rings. The van der Waals surface area contributed by atoms with E-state index in [0.717, 1.165) is 23.6 Å². The maximum Gasteiger partial charge on any atom is 0.329 e. The molecule has 0 fully saturated rings. The predicted octanol–water partition coefficient (Wildman–Crippen LogP) is 7.86. The molecule has 5 heteroatoms. The first kappa shape index (κ1) is 25.9. The maximum absolute atomic E-state index is 11.6. The summed E-state index contributed by atoms with van der Waals surface area (Å²) in [4.78, 5) is 19.0. The fraction of sp³-hybridized carbons (Fsp3) is 0.615. The average Bonchev–Trinajstić information content (AvgIpc) is 2.73. The summed E-state index contributed by atoms with van der Waals surface area (Å²) in [6, 6.07) is 13.8. The molecule has 0 spiro atoms. The summed E-state index contributed by atoms with van der Waals surface area (Å²) in [6.45, 7) is 2.25. The molecule has 31 heavy (non-hydrogen) atoms. The number of unbranched alkanes of at least 4 members (excludes halogenated alkanes) is 11. The minimum atomic E-state index is -4.13. The Morgan fingerprint density at radius 2 is 1.32 bits per heavy atom. The molecule has 0 saturated carbocycles. The van der Waals surface area contributed by atoms with Crippen LogP contribution in [0.25, 0.3) is 10.8 Å². The third-order valence-electron chi connectivity index (χ3n) is 5.86. The maximum atomic E-state index is 11.6. The van der Waals surface area contributed by atoms with Gasteiger partial charge in [-0.1, -0.05) is 114 Å². The van der Waals surface area contributed by atoms with Crippen molar-refractivity contribution >= 4 is 18.4 Å². The van der Waals surface area contributed by atoms with Crippen molar-refractivity contribution in [1.29, 1.82) is 0 Å². The Morgan fingerprint density at radius 3 is 1.94 bits per heavy atom. The van der Waals surface area contributed by atoms with Gasteiger partial charge in [0.25, 0.3) is 0 Å². The van der Waals surface area contributed by atoms with E-state index in [4.69, 9.17) is 4.74 Å². The van der Waals surface area contributed by atoms with Crippen molar-refractivity contribution in [3.05, 3.63) is 42.5 Å². The van der Waals surface area contributed by atoms with E-state index in [1.54, 1.807) is 0 Å². The number of ether oxygens (including phenoxy) is 1. The summed E-state index contributed by atoms with van der Waals surface area (Å²) in [5.74, 6) is 0.704. The summed E-state index contributed by atoms with van der Waals surface area (Å²) in [5.41, 5.74) is 0. The number of hydrogen-bond donors (Lipinski definition) is 2. The van der Waals surface area contributed by atoms with Crippen LogP contribution < -0.4 is 4.74 Å². The van der Waals surface area contributed by atoms with Gasteiger partial charge in [-0.2, -0.15) is 0 Å². The molecule has 0 aromatic heterocycles. The van der Waals surface area contributed by atoms with Crippen LogP contribution in [0.1, 0.15) is 90.4 Å². The number of fused-ring (bicyclic) bond motifs is 1. The van der Waals surface area contributed by atoms with Crippen LogP contribution in [-0.4, -0.2) is 22.1 Å². The van der Waals surface area contributed by atoms with E-state index in [9.17, 15) is 14.4 Å². The third kappa shape index (κ3) is 11.2. The molecule has 0 amide bonds. The van der Waals surface area contributed by atoms with Crippen molar-refractivity contribution in [1.82, 2.24) is 0 Å². The molecular weight excluding hydrogens is 407 g/mol. The zero-order valence-electron chi connectivity index (χ0n) is 19.2. The van der Waals surface area contributed by atoms with Crippen LogP contribution in [0.3, 0.4) is 0 Å². The standard InChI is InChI=1S/C26H41O4P/c1-2-3-4-5-6-7-8-9-10-11-12-13-19-24(22-31(27,28)29)30-26-21-16-18-23-17-14-15-20-25(23)26/h14-18,20-21,24H,2-13,19,22H2,1H3,(H2,27,28,29). The van der Waals surface area contributed by atoms with Gasteiger partial charge < -0.3 is 14.5 Å². The van der Waals surface area contributed by atoms with Crippen LogP contribution in [0.4, 0.5) is 0 Å². The van der Waals surface area contributed by atoms with Crippen molar-refractivity contribution in [2.45, 2.75) is 96.5 Å². The normalized spacial score (nSPS) is 12.9. The molecule has 2 rings (SSSR count).